The Kier molecular flexibility index (Phi) is 3.15. The number of aromatic amines is 1. The van der Waals surface area contributed by atoms with Gasteiger partial charge in [-0.05, 0) is 23.6 Å². The number of aromatic nitrogens is 2. The van der Waals surface area contributed by atoms with Crippen molar-refractivity contribution in [1.29, 1.82) is 0 Å². The van der Waals surface area contributed by atoms with Crippen molar-refractivity contribution in [2.75, 3.05) is 0 Å². The van der Waals surface area contributed by atoms with Gasteiger partial charge < -0.3 is 4.98 Å². The second kappa shape index (κ2) is 5.11. The van der Waals surface area contributed by atoms with Gasteiger partial charge in [0.2, 0.25) is 0 Å². The summed E-state index contributed by atoms with van der Waals surface area (Å²) in [6.45, 7) is 3.76. The summed E-state index contributed by atoms with van der Waals surface area (Å²) < 4.78 is 0. The third kappa shape index (κ3) is 2.43. The topological polar surface area (TPSA) is 28.7 Å². The van der Waals surface area contributed by atoms with Crippen LogP contribution in [0.2, 0.25) is 0 Å². The maximum absolute atomic E-state index is 4.67. The number of hydrogen-bond acceptors (Lipinski definition) is 1. The van der Waals surface area contributed by atoms with Gasteiger partial charge >= 0.3 is 0 Å². The minimum Gasteiger partial charge on any atom is -0.342 e. The molecule has 3 aromatic rings. The van der Waals surface area contributed by atoms with Crippen LogP contribution < -0.4 is 0 Å². The molecule has 2 heteroatoms. The number of nitrogens with one attached hydrogen (secondary N) is 1. The zero-order chi connectivity index (χ0) is 13.1. The average molecular weight is 248 g/mol. The third-order valence-electron chi connectivity index (χ3n) is 3.22. The summed E-state index contributed by atoms with van der Waals surface area (Å²) in [5, 5.41) is 0. The first-order valence-electron chi connectivity index (χ1n) is 6.48. The largest absolute Gasteiger partial charge is 0.342 e. The van der Waals surface area contributed by atoms with Crippen LogP contribution in [0.15, 0.2) is 61.2 Å². The Morgan fingerprint density at radius 3 is 2.68 bits per heavy atom. The molecule has 0 saturated carbocycles. The number of fused-ring (bicyclic) bond motifs is 1. The maximum atomic E-state index is 4.67. The third-order valence-corrected chi connectivity index (χ3v) is 3.22. The van der Waals surface area contributed by atoms with E-state index in [1.807, 2.05) is 12.1 Å². The molecule has 94 valence electrons. The van der Waals surface area contributed by atoms with Gasteiger partial charge in [0, 0.05) is 6.42 Å². The zero-order valence-electron chi connectivity index (χ0n) is 10.8. The smallest absolute Gasteiger partial charge is 0.111 e. The molecule has 0 aliphatic rings. The molecular weight excluding hydrogens is 232 g/mol. The van der Waals surface area contributed by atoms with Gasteiger partial charge in [0.15, 0.2) is 0 Å². The van der Waals surface area contributed by atoms with Crippen molar-refractivity contribution in [2.45, 2.75) is 12.8 Å². The van der Waals surface area contributed by atoms with Gasteiger partial charge in [-0.15, -0.1) is 6.58 Å². The molecule has 0 aliphatic heterocycles. The van der Waals surface area contributed by atoms with Crippen molar-refractivity contribution < 1.29 is 0 Å². The lowest BCUT2D eigenvalue weighted by molar-refractivity contribution is 1.07. The van der Waals surface area contributed by atoms with Crippen molar-refractivity contribution in [3.63, 3.8) is 0 Å². The molecule has 2 aromatic carbocycles. The van der Waals surface area contributed by atoms with Gasteiger partial charge in [-0.25, -0.2) is 4.98 Å². The second-order valence-electron chi connectivity index (χ2n) is 4.65. The Hall–Kier alpha value is -2.35. The number of para-hydroxylation sites is 1. The number of rotatable bonds is 4. The molecule has 1 N–H and O–H groups in total. The molecule has 0 spiro atoms. The summed E-state index contributed by atoms with van der Waals surface area (Å²) >= 11 is 0. The Labute approximate surface area is 112 Å². The quantitative estimate of drug-likeness (QED) is 0.697. The molecule has 2 nitrogen and oxygen atoms in total. The molecule has 0 unspecified atom stereocenters. The SMILES string of the molecule is C=CCc1nc2c(Cc3ccccc3)cccc2[nH]1. The number of hydrogen-bond donors (Lipinski definition) is 1. The van der Waals surface area contributed by atoms with Gasteiger partial charge in [0.25, 0.3) is 0 Å². The van der Waals surface area contributed by atoms with Crippen LogP contribution in [0.4, 0.5) is 0 Å². The maximum Gasteiger partial charge on any atom is 0.111 e. The van der Waals surface area contributed by atoms with Gasteiger partial charge in [-0.1, -0.05) is 48.5 Å². The van der Waals surface area contributed by atoms with Crippen molar-refractivity contribution in [3.05, 3.63) is 78.1 Å². The summed E-state index contributed by atoms with van der Waals surface area (Å²) in [5.74, 6) is 0.977. The summed E-state index contributed by atoms with van der Waals surface area (Å²) in [6.07, 6.45) is 3.56. The van der Waals surface area contributed by atoms with Crippen LogP contribution in [0.1, 0.15) is 17.0 Å². The Balaban J connectivity index is 2.01. The molecule has 0 saturated heterocycles. The first-order chi connectivity index (χ1) is 9.36. The molecule has 0 fully saturated rings. The summed E-state index contributed by atoms with van der Waals surface area (Å²) in [7, 11) is 0. The van der Waals surface area contributed by atoms with E-state index in [1.54, 1.807) is 0 Å². The van der Waals surface area contributed by atoms with E-state index in [0.717, 1.165) is 29.7 Å². The molecule has 0 aliphatic carbocycles. The Morgan fingerprint density at radius 2 is 1.89 bits per heavy atom. The van der Waals surface area contributed by atoms with Crippen LogP contribution in [0, 0.1) is 0 Å². The lowest BCUT2D eigenvalue weighted by Gasteiger charge is -2.02. The van der Waals surface area contributed by atoms with E-state index in [0.29, 0.717) is 0 Å². The van der Waals surface area contributed by atoms with Crippen LogP contribution in [-0.2, 0) is 12.8 Å². The fourth-order valence-electron chi connectivity index (χ4n) is 2.33. The summed E-state index contributed by atoms with van der Waals surface area (Å²) in [4.78, 5) is 8.01. The highest BCUT2D eigenvalue weighted by molar-refractivity contribution is 5.79. The standard InChI is InChI=1S/C17H16N2/c1-2-7-16-18-15-11-6-10-14(17(15)19-16)12-13-8-4-3-5-9-13/h2-6,8-11H,1,7,12H2,(H,18,19). The van der Waals surface area contributed by atoms with Crippen LogP contribution in [0.25, 0.3) is 11.0 Å². The van der Waals surface area contributed by atoms with Crippen LogP contribution >= 0.6 is 0 Å². The van der Waals surface area contributed by atoms with Crippen LogP contribution in [-0.4, -0.2) is 9.97 Å². The Bertz CT molecular complexity index is 696. The highest BCUT2D eigenvalue weighted by Gasteiger charge is 2.06. The molecule has 1 aromatic heterocycles. The number of nitrogens with zero attached hydrogens (tertiary/aromatic N) is 1. The van der Waals surface area contributed by atoms with Crippen molar-refractivity contribution in [1.82, 2.24) is 9.97 Å². The minimum absolute atomic E-state index is 0.777. The number of H-pyrrole nitrogens is 1. The highest BCUT2D eigenvalue weighted by atomic mass is 14.9. The molecule has 0 bridgehead atoms. The zero-order valence-corrected chi connectivity index (χ0v) is 10.8. The molecule has 3 rings (SSSR count). The molecular formula is C17H16N2. The highest BCUT2D eigenvalue weighted by Crippen LogP contribution is 2.20. The first kappa shape index (κ1) is 11.7. The lowest BCUT2D eigenvalue weighted by Crippen LogP contribution is -1.89. The van der Waals surface area contributed by atoms with E-state index in [9.17, 15) is 0 Å². The van der Waals surface area contributed by atoms with E-state index in [4.69, 9.17) is 0 Å². The lowest BCUT2D eigenvalue weighted by atomic mass is 10.0. The first-order valence-corrected chi connectivity index (χ1v) is 6.48. The molecule has 1 heterocycles. The average Bonchev–Trinajstić information content (AvgIpc) is 2.84. The van der Waals surface area contributed by atoms with E-state index in [1.165, 1.54) is 11.1 Å². The normalized spacial score (nSPS) is 10.7. The van der Waals surface area contributed by atoms with Gasteiger partial charge in [0.1, 0.15) is 5.82 Å². The van der Waals surface area contributed by atoms with Crippen molar-refractivity contribution in [3.8, 4) is 0 Å². The molecule has 0 amide bonds. The number of benzene rings is 2. The van der Waals surface area contributed by atoms with Gasteiger partial charge in [-0.3, -0.25) is 0 Å². The fraction of sp³-hybridized carbons (Fsp3) is 0.118. The number of allylic oxidation sites excluding steroid dienone is 1. The second-order valence-corrected chi connectivity index (χ2v) is 4.65. The molecule has 0 radical (unpaired) electrons. The van der Waals surface area contributed by atoms with Gasteiger partial charge in [0.05, 0.1) is 11.0 Å². The predicted octanol–water partition coefficient (Wildman–Crippen LogP) is 3.88. The Morgan fingerprint density at radius 1 is 1.05 bits per heavy atom. The fourth-order valence-corrected chi connectivity index (χ4v) is 2.33. The monoisotopic (exact) mass is 248 g/mol. The van der Waals surface area contributed by atoms with E-state index < -0.39 is 0 Å². The predicted molar refractivity (Wildman–Crippen MR) is 79.2 cm³/mol. The van der Waals surface area contributed by atoms with E-state index in [2.05, 4.69) is 59.0 Å². The van der Waals surface area contributed by atoms with Crippen molar-refractivity contribution in [2.24, 2.45) is 0 Å². The van der Waals surface area contributed by atoms with Gasteiger partial charge in [-0.2, -0.15) is 0 Å². The molecule has 0 atom stereocenters. The summed E-state index contributed by atoms with van der Waals surface area (Å²) in [5.41, 5.74) is 4.74. The molecule has 19 heavy (non-hydrogen) atoms. The summed E-state index contributed by atoms with van der Waals surface area (Å²) in [6, 6.07) is 16.8. The van der Waals surface area contributed by atoms with Crippen LogP contribution in [0.3, 0.4) is 0 Å². The van der Waals surface area contributed by atoms with Crippen LogP contribution in [0.5, 0.6) is 0 Å². The van der Waals surface area contributed by atoms with E-state index in [-0.39, 0.29) is 0 Å². The minimum atomic E-state index is 0.777. The van der Waals surface area contributed by atoms with E-state index >= 15 is 0 Å². The number of imidazole rings is 1. The van der Waals surface area contributed by atoms with Crippen molar-refractivity contribution >= 4 is 11.0 Å².